The summed E-state index contributed by atoms with van der Waals surface area (Å²) in [5, 5.41) is 4.46. The minimum atomic E-state index is -0.105. The molecule has 2 aromatic rings. The average Bonchev–Trinajstić information content (AvgIpc) is 2.55. The topological polar surface area (TPSA) is 70.1 Å². The zero-order valence-electron chi connectivity index (χ0n) is 13.2. The van der Waals surface area contributed by atoms with E-state index in [1.165, 1.54) is 4.68 Å². The summed E-state index contributed by atoms with van der Waals surface area (Å²) in [6.45, 7) is 5.57. The minimum Gasteiger partial charge on any atom is -0.494 e. The van der Waals surface area contributed by atoms with Gasteiger partial charge in [-0.1, -0.05) is 26.0 Å². The van der Waals surface area contributed by atoms with E-state index in [0.29, 0.717) is 18.7 Å². The van der Waals surface area contributed by atoms with E-state index < -0.39 is 0 Å². The van der Waals surface area contributed by atoms with Gasteiger partial charge >= 0.3 is 0 Å². The molecule has 0 aliphatic heterocycles. The van der Waals surface area contributed by atoms with Crippen molar-refractivity contribution in [1.29, 1.82) is 0 Å². The highest BCUT2D eigenvalue weighted by Crippen LogP contribution is 2.22. The van der Waals surface area contributed by atoms with Crippen molar-refractivity contribution in [1.82, 2.24) is 9.78 Å². The Morgan fingerprint density at radius 1 is 1.23 bits per heavy atom. The van der Waals surface area contributed by atoms with Crippen LogP contribution in [0, 0.1) is 0 Å². The summed E-state index contributed by atoms with van der Waals surface area (Å²) in [5.74, 6) is 0.809. The molecule has 0 bridgehead atoms. The van der Waals surface area contributed by atoms with Gasteiger partial charge in [-0.2, -0.15) is 5.10 Å². The molecule has 5 nitrogen and oxygen atoms in total. The molecule has 1 aromatic heterocycles. The number of ether oxygens (including phenoxy) is 1. The fraction of sp³-hybridized carbons (Fsp3) is 0.412. The van der Waals surface area contributed by atoms with Crippen molar-refractivity contribution in [2.75, 3.05) is 6.61 Å². The van der Waals surface area contributed by atoms with Crippen molar-refractivity contribution >= 4 is 0 Å². The molecule has 2 N–H and O–H groups in total. The Hall–Kier alpha value is -2.14. The van der Waals surface area contributed by atoms with Crippen molar-refractivity contribution in [2.45, 2.75) is 39.8 Å². The molecule has 0 amide bonds. The highest BCUT2D eigenvalue weighted by Gasteiger charge is 2.09. The zero-order valence-corrected chi connectivity index (χ0v) is 13.2. The van der Waals surface area contributed by atoms with Crippen LogP contribution in [0.1, 0.15) is 32.3 Å². The first kappa shape index (κ1) is 16.2. The van der Waals surface area contributed by atoms with Crippen LogP contribution < -0.4 is 16.0 Å². The molecule has 0 radical (unpaired) electrons. The van der Waals surface area contributed by atoms with E-state index in [2.05, 4.69) is 12.0 Å². The van der Waals surface area contributed by atoms with Crippen LogP contribution >= 0.6 is 0 Å². The van der Waals surface area contributed by atoms with Crippen molar-refractivity contribution in [3.8, 4) is 17.0 Å². The quantitative estimate of drug-likeness (QED) is 0.853. The molecule has 0 unspecified atom stereocenters. The Labute approximate surface area is 130 Å². The van der Waals surface area contributed by atoms with Gasteiger partial charge in [0.25, 0.3) is 5.56 Å². The molecule has 0 aliphatic rings. The monoisotopic (exact) mass is 301 g/mol. The highest BCUT2D eigenvalue weighted by molar-refractivity contribution is 5.61. The maximum Gasteiger partial charge on any atom is 0.271 e. The Bertz CT molecular complexity index is 680. The number of aromatic nitrogens is 2. The van der Waals surface area contributed by atoms with Crippen LogP contribution in [0.5, 0.6) is 5.75 Å². The maximum atomic E-state index is 12.2. The van der Waals surface area contributed by atoms with E-state index in [0.717, 1.165) is 29.8 Å². The van der Waals surface area contributed by atoms with Crippen LogP contribution in [0.3, 0.4) is 0 Å². The highest BCUT2D eigenvalue weighted by atomic mass is 16.5. The minimum absolute atomic E-state index is 0.105. The van der Waals surface area contributed by atoms with E-state index in [-0.39, 0.29) is 12.1 Å². The van der Waals surface area contributed by atoms with Crippen molar-refractivity contribution in [2.24, 2.45) is 5.73 Å². The largest absolute Gasteiger partial charge is 0.494 e. The lowest BCUT2D eigenvalue weighted by molar-refractivity contribution is 0.317. The molecular formula is C17H23N3O2. The molecule has 0 fully saturated rings. The first-order chi connectivity index (χ1) is 10.7. The van der Waals surface area contributed by atoms with Crippen LogP contribution in [0.25, 0.3) is 11.3 Å². The molecular weight excluding hydrogens is 278 g/mol. The normalized spacial score (nSPS) is 10.7. The third kappa shape index (κ3) is 3.74. The standard InChI is InChI=1S/C17H23N3O2/c1-3-8-20-17(21)14(12-18)11-16(19-20)13-6-5-7-15(10-13)22-9-4-2/h5-7,10-11H,3-4,8-9,12,18H2,1-2H3. The Balaban J connectivity index is 2.43. The fourth-order valence-electron chi connectivity index (χ4n) is 2.21. The fourth-order valence-corrected chi connectivity index (χ4v) is 2.21. The first-order valence-electron chi connectivity index (χ1n) is 7.74. The van der Waals surface area contributed by atoms with Gasteiger partial charge in [-0.25, -0.2) is 4.68 Å². The molecule has 2 rings (SSSR count). The van der Waals surface area contributed by atoms with Crippen LogP contribution in [0.2, 0.25) is 0 Å². The Morgan fingerprint density at radius 3 is 2.73 bits per heavy atom. The van der Waals surface area contributed by atoms with Crippen molar-refractivity contribution in [3.63, 3.8) is 0 Å². The number of benzene rings is 1. The molecule has 5 heteroatoms. The Morgan fingerprint density at radius 2 is 2.05 bits per heavy atom. The van der Waals surface area contributed by atoms with Gasteiger partial charge < -0.3 is 10.5 Å². The molecule has 0 spiro atoms. The van der Waals surface area contributed by atoms with Gasteiger partial charge in [-0.05, 0) is 31.0 Å². The number of nitrogens with zero attached hydrogens (tertiary/aromatic N) is 2. The lowest BCUT2D eigenvalue weighted by Crippen LogP contribution is -2.28. The van der Waals surface area contributed by atoms with Crippen molar-refractivity contribution < 1.29 is 4.74 Å². The summed E-state index contributed by atoms with van der Waals surface area (Å²) in [4.78, 5) is 12.2. The number of hydrogen-bond acceptors (Lipinski definition) is 4. The predicted octanol–water partition coefficient (Wildman–Crippen LogP) is 2.57. The molecule has 0 saturated heterocycles. The molecule has 22 heavy (non-hydrogen) atoms. The van der Waals surface area contributed by atoms with E-state index in [1.807, 2.05) is 31.2 Å². The number of nitrogens with two attached hydrogens (primary N) is 1. The van der Waals surface area contributed by atoms with E-state index in [1.54, 1.807) is 6.07 Å². The number of rotatable bonds is 7. The second-order valence-corrected chi connectivity index (χ2v) is 5.16. The number of aryl methyl sites for hydroxylation is 1. The van der Waals surface area contributed by atoms with E-state index in [9.17, 15) is 4.79 Å². The Kier molecular flexibility index (Phi) is 5.72. The lowest BCUT2D eigenvalue weighted by atomic mass is 10.1. The molecule has 0 atom stereocenters. The van der Waals surface area contributed by atoms with Gasteiger partial charge in [0.15, 0.2) is 0 Å². The SMILES string of the molecule is CCCOc1cccc(-c2cc(CN)c(=O)n(CCC)n2)c1. The smallest absolute Gasteiger partial charge is 0.271 e. The third-order valence-electron chi connectivity index (χ3n) is 3.31. The van der Waals surface area contributed by atoms with Gasteiger partial charge in [-0.15, -0.1) is 0 Å². The maximum absolute atomic E-state index is 12.2. The summed E-state index contributed by atoms with van der Waals surface area (Å²) in [7, 11) is 0. The first-order valence-corrected chi connectivity index (χ1v) is 7.74. The van der Waals surface area contributed by atoms with Gasteiger partial charge in [0.2, 0.25) is 0 Å². The van der Waals surface area contributed by atoms with Gasteiger partial charge in [0, 0.05) is 24.2 Å². The summed E-state index contributed by atoms with van der Waals surface area (Å²) in [6, 6.07) is 9.53. The van der Waals surface area contributed by atoms with E-state index >= 15 is 0 Å². The zero-order chi connectivity index (χ0) is 15.9. The summed E-state index contributed by atoms with van der Waals surface area (Å²) < 4.78 is 7.15. The van der Waals surface area contributed by atoms with Crippen LogP contribution in [0.15, 0.2) is 35.1 Å². The van der Waals surface area contributed by atoms with Crippen LogP contribution in [-0.2, 0) is 13.1 Å². The number of hydrogen-bond donors (Lipinski definition) is 1. The lowest BCUT2D eigenvalue weighted by Gasteiger charge is -2.10. The molecule has 1 heterocycles. The van der Waals surface area contributed by atoms with Gasteiger partial charge in [0.1, 0.15) is 5.75 Å². The van der Waals surface area contributed by atoms with Gasteiger partial charge in [-0.3, -0.25) is 4.79 Å². The molecule has 1 aromatic carbocycles. The third-order valence-corrected chi connectivity index (χ3v) is 3.31. The van der Waals surface area contributed by atoms with Gasteiger partial charge in [0.05, 0.1) is 12.3 Å². The average molecular weight is 301 g/mol. The molecule has 0 saturated carbocycles. The van der Waals surface area contributed by atoms with Crippen molar-refractivity contribution in [3.05, 3.63) is 46.2 Å². The summed E-state index contributed by atoms with van der Waals surface area (Å²) in [5.41, 5.74) is 7.84. The predicted molar refractivity (Wildman–Crippen MR) is 87.9 cm³/mol. The second-order valence-electron chi connectivity index (χ2n) is 5.16. The summed E-state index contributed by atoms with van der Waals surface area (Å²) >= 11 is 0. The van der Waals surface area contributed by atoms with Crippen LogP contribution in [-0.4, -0.2) is 16.4 Å². The summed E-state index contributed by atoms with van der Waals surface area (Å²) in [6.07, 6.45) is 1.81. The van der Waals surface area contributed by atoms with E-state index in [4.69, 9.17) is 10.5 Å². The second kappa shape index (κ2) is 7.75. The van der Waals surface area contributed by atoms with Crippen LogP contribution in [0.4, 0.5) is 0 Å². The molecule has 118 valence electrons. The molecule has 0 aliphatic carbocycles.